The van der Waals surface area contributed by atoms with E-state index in [1.165, 1.54) is 16.4 Å². The molecule has 0 spiro atoms. The van der Waals surface area contributed by atoms with Crippen LogP contribution in [-0.2, 0) is 14.8 Å². The summed E-state index contributed by atoms with van der Waals surface area (Å²) in [5.41, 5.74) is 0.567. The molecule has 32 heavy (non-hydrogen) atoms. The average Bonchev–Trinajstić information content (AvgIpc) is 2.78. The Morgan fingerprint density at radius 1 is 1.06 bits per heavy atom. The summed E-state index contributed by atoms with van der Waals surface area (Å²) in [6.07, 6.45) is 1.74. The monoisotopic (exact) mass is 477 g/mol. The lowest BCUT2D eigenvalue weighted by molar-refractivity contribution is -0.121. The van der Waals surface area contributed by atoms with Gasteiger partial charge >= 0.3 is 0 Å². The molecule has 1 saturated heterocycles. The number of piperidine rings is 1. The summed E-state index contributed by atoms with van der Waals surface area (Å²) in [7, 11) is -1.94. The zero-order valence-electron chi connectivity index (χ0n) is 18.0. The van der Waals surface area contributed by atoms with E-state index < -0.39 is 15.9 Å². The normalized spacial score (nSPS) is 15.1. The first-order valence-electron chi connectivity index (χ1n) is 10.3. The molecular weight excluding hydrogens is 450 g/mol. The molecule has 1 aliphatic rings. The molecule has 1 heterocycles. The van der Waals surface area contributed by atoms with E-state index in [2.05, 4.69) is 17.6 Å². The minimum absolute atomic E-state index is 0.0916. The molecule has 1 aliphatic heterocycles. The van der Waals surface area contributed by atoms with Crippen LogP contribution in [0.15, 0.2) is 53.4 Å². The molecule has 0 radical (unpaired) electrons. The van der Waals surface area contributed by atoms with Crippen molar-refractivity contribution in [2.75, 3.05) is 32.1 Å². The predicted molar refractivity (Wildman–Crippen MR) is 126 cm³/mol. The van der Waals surface area contributed by atoms with Gasteiger partial charge in [-0.05, 0) is 79.5 Å². The number of amides is 1. The average molecular weight is 478 g/mol. The maximum Gasteiger partial charge on any atom is 0.264 e. The number of anilines is 1. The smallest absolute Gasteiger partial charge is 0.264 e. The number of methoxy groups -OCH3 is 1. The molecule has 0 unspecified atom stereocenters. The van der Waals surface area contributed by atoms with Crippen molar-refractivity contribution in [2.24, 2.45) is 5.92 Å². The van der Waals surface area contributed by atoms with Crippen molar-refractivity contribution in [3.63, 3.8) is 0 Å². The maximum absolute atomic E-state index is 12.8. The Morgan fingerprint density at radius 3 is 2.25 bits per heavy atom. The van der Waals surface area contributed by atoms with Crippen molar-refractivity contribution in [3.8, 4) is 11.5 Å². The Balaban J connectivity index is 1.49. The van der Waals surface area contributed by atoms with Crippen LogP contribution in [0.25, 0.3) is 0 Å². The first-order valence-corrected chi connectivity index (χ1v) is 12.1. The molecule has 172 valence electrons. The predicted octanol–water partition coefficient (Wildman–Crippen LogP) is 3.01. The van der Waals surface area contributed by atoms with Crippen LogP contribution in [0.1, 0.15) is 19.8 Å². The third kappa shape index (κ3) is 6.41. The molecule has 2 aromatic rings. The third-order valence-corrected chi connectivity index (χ3v) is 7.29. The Kier molecular flexibility index (Phi) is 8.05. The van der Waals surface area contributed by atoms with E-state index in [0.29, 0.717) is 36.2 Å². The van der Waals surface area contributed by atoms with Crippen LogP contribution in [0.4, 0.5) is 5.69 Å². The fourth-order valence-electron chi connectivity index (χ4n) is 3.23. The number of carbonyl (C=O) groups excluding carboxylic acids is 1. The quantitative estimate of drug-likeness (QED) is 0.592. The topological polar surface area (TPSA) is 97.0 Å². The minimum atomic E-state index is -3.51. The SMILES string of the molecule is COc1ccc(OCC(=O)NC(=S)Nc2ccc(S(=O)(=O)N3CCC(C)CC3)cc2)cc1. The van der Waals surface area contributed by atoms with Crippen molar-refractivity contribution in [2.45, 2.75) is 24.7 Å². The van der Waals surface area contributed by atoms with Crippen LogP contribution in [0.5, 0.6) is 11.5 Å². The molecule has 3 rings (SSSR count). The zero-order valence-corrected chi connectivity index (χ0v) is 19.7. The van der Waals surface area contributed by atoms with Crippen LogP contribution in [-0.4, -0.2) is 50.5 Å². The van der Waals surface area contributed by atoms with Crippen LogP contribution >= 0.6 is 12.2 Å². The van der Waals surface area contributed by atoms with Gasteiger partial charge in [0.15, 0.2) is 11.7 Å². The van der Waals surface area contributed by atoms with E-state index in [1.807, 2.05) is 0 Å². The Labute approximate surface area is 193 Å². The second-order valence-corrected chi connectivity index (χ2v) is 9.92. The van der Waals surface area contributed by atoms with Gasteiger partial charge < -0.3 is 14.8 Å². The number of benzene rings is 2. The molecule has 0 aromatic heterocycles. The first kappa shape index (κ1) is 24.0. The van der Waals surface area contributed by atoms with E-state index >= 15 is 0 Å². The lowest BCUT2D eigenvalue weighted by Gasteiger charge is -2.29. The first-order chi connectivity index (χ1) is 15.3. The number of thiocarbonyl (C=S) groups is 1. The highest BCUT2D eigenvalue weighted by Crippen LogP contribution is 2.24. The fraction of sp³-hybridized carbons (Fsp3) is 0.364. The number of sulfonamides is 1. The number of nitrogens with zero attached hydrogens (tertiary/aromatic N) is 1. The van der Waals surface area contributed by atoms with Crippen LogP contribution in [0.2, 0.25) is 0 Å². The molecule has 1 fully saturated rings. The molecule has 0 saturated carbocycles. The summed E-state index contributed by atoms with van der Waals surface area (Å²) in [6.45, 7) is 3.01. The van der Waals surface area contributed by atoms with Crippen LogP contribution in [0, 0.1) is 5.92 Å². The van der Waals surface area contributed by atoms with Crippen molar-refractivity contribution >= 4 is 38.9 Å². The van der Waals surface area contributed by atoms with Gasteiger partial charge in [0.25, 0.3) is 5.91 Å². The Bertz CT molecular complexity index is 1030. The molecule has 2 aromatic carbocycles. The second kappa shape index (κ2) is 10.8. The molecular formula is C22H27N3O5S2. The van der Waals surface area contributed by atoms with Crippen molar-refractivity contribution in [1.82, 2.24) is 9.62 Å². The van der Waals surface area contributed by atoms with Crippen molar-refractivity contribution < 1.29 is 22.7 Å². The van der Waals surface area contributed by atoms with Crippen molar-refractivity contribution in [3.05, 3.63) is 48.5 Å². The third-order valence-electron chi connectivity index (χ3n) is 5.17. The lowest BCUT2D eigenvalue weighted by atomic mass is 10.0. The fourth-order valence-corrected chi connectivity index (χ4v) is 4.93. The van der Waals surface area contributed by atoms with E-state index in [4.69, 9.17) is 21.7 Å². The van der Waals surface area contributed by atoms with E-state index in [0.717, 1.165) is 12.8 Å². The van der Waals surface area contributed by atoms with Gasteiger partial charge in [0, 0.05) is 18.8 Å². The molecule has 0 bridgehead atoms. The summed E-state index contributed by atoms with van der Waals surface area (Å²) >= 11 is 5.15. The molecule has 0 atom stereocenters. The van der Waals surface area contributed by atoms with Gasteiger partial charge in [0.2, 0.25) is 10.0 Å². The van der Waals surface area contributed by atoms with Gasteiger partial charge in [-0.3, -0.25) is 10.1 Å². The standard InChI is InChI=1S/C22H27N3O5S2/c1-16-11-13-25(14-12-16)32(27,28)20-9-3-17(4-10-20)23-22(31)24-21(26)15-30-19-7-5-18(29-2)6-8-19/h3-10,16H,11-15H2,1-2H3,(H2,23,24,26,31). The molecule has 8 nitrogen and oxygen atoms in total. The number of nitrogens with one attached hydrogen (secondary N) is 2. The summed E-state index contributed by atoms with van der Waals surface area (Å²) < 4.78 is 37.6. The van der Waals surface area contributed by atoms with Crippen LogP contribution in [0.3, 0.4) is 0 Å². The highest BCUT2D eigenvalue weighted by molar-refractivity contribution is 7.89. The number of ether oxygens (including phenoxy) is 2. The van der Waals surface area contributed by atoms with E-state index in [1.54, 1.807) is 43.5 Å². The maximum atomic E-state index is 12.8. The van der Waals surface area contributed by atoms with Crippen LogP contribution < -0.4 is 20.1 Å². The second-order valence-electron chi connectivity index (χ2n) is 7.58. The summed E-state index contributed by atoms with van der Waals surface area (Å²) in [5, 5.41) is 5.49. The summed E-state index contributed by atoms with van der Waals surface area (Å²) in [6, 6.07) is 13.2. The number of hydrogen-bond acceptors (Lipinski definition) is 6. The van der Waals surface area contributed by atoms with Crippen molar-refractivity contribution in [1.29, 1.82) is 0 Å². The molecule has 1 amide bonds. The molecule has 2 N–H and O–H groups in total. The van der Waals surface area contributed by atoms with Gasteiger partial charge in [0.1, 0.15) is 11.5 Å². The van der Waals surface area contributed by atoms with E-state index in [9.17, 15) is 13.2 Å². The zero-order chi connectivity index (χ0) is 23.1. The van der Waals surface area contributed by atoms with Gasteiger partial charge in [-0.25, -0.2) is 8.42 Å². The highest BCUT2D eigenvalue weighted by atomic mass is 32.2. The summed E-state index contributed by atoms with van der Waals surface area (Å²) in [5.74, 6) is 1.35. The number of rotatable bonds is 7. The highest BCUT2D eigenvalue weighted by Gasteiger charge is 2.27. The van der Waals surface area contributed by atoms with Gasteiger partial charge in [0.05, 0.1) is 12.0 Å². The van der Waals surface area contributed by atoms with Gasteiger partial charge in [-0.15, -0.1) is 0 Å². The summed E-state index contributed by atoms with van der Waals surface area (Å²) in [4.78, 5) is 12.3. The Morgan fingerprint density at radius 2 is 1.66 bits per heavy atom. The minimum Gasteiger partial charge on any atom is -0.497 e. The number of carbonyl (C=O) groups is 1. The van der Waals surface area contributed by atoms with Gasteiger partial charge in [-0.1, -0.05) is 6.92 Å². The largest absolute Gasteiger partial charge is 0.497 e. The van der Waals surface area contributed by atoms with E-state index in [-0.39, 0.29) is 16.6 Å². The Hall–Kier alpha value is -2.69. The number of hydrogen-bond donors (Lipinski definition) is 2. The lowest BCUT2D eigenvalue weighted by Crippen LogP contribution is -2.38. The van der Waals surface area contributed by atoms with Gasteiger partial charge in [-0.2, -0.15) is 4.31 Å². The molecule has 10 heteroatoms. The molecule has 0 aliphatic carbocycles.